The lowest BCUT2D eigenvalue weighted by molar-refractivity contribution is -0.130. The van der Waals surface area contributed by atoms with Crippen LogP contribution in [0.2, 0.25) is 0 Å². The number of carbonyl (C=O) groups is 1. The summed E-state index contributed by atoms with van der Waals surface area (Å²) in [6.45, 7) is 10.8. The Bertz CT molecular complexity index is 1340. The minimum absolute atomic E-state index is 0.244. The standard InChI is InChI=1S/C26H37N7O4S/c1-4-20(19(2)29-38(3,35)36)26(34)32-12-6-5-9-22(32)21-17-24-27-23(30-10-7-8-11-30)18-25(33(24)28-21)31-13-15-37-16-14-31/h4,17-18,22,29H,1,5-16H2,2-3H3. The van der Waals surface area contributed by atoms with Gasteiger partial charge < -0.3 is 19.4 Å². The molecule has 3 saturated heterocycles. The molecule has 206 valence electrons. The van der Waals surface area contributed by atoms with Crippen LogP contribution in [0.4, 0.5) is 11.6 Å². The maximum atomic E-state index is 13.7. The van der Waals surface area contributed by atoms with Crippen LogP contribution in [-0.4, -0.2) is 86.0 Å². The van der Waals surface area contributed by atoms with Gasteiger partial charge in [-0.2, -0.15) is 9.61 Å². The molecule has 3 fully saturated rings. The van der Waals surface area contributed by atoms with Gasteiger partial charge in [-0.25, -0.2) is 13.4 Å². The van der Waals surface area contributed by atoms with Gasteiger partial charge in [0.1, 0.15) is 11.6 Å². The molecule has 5 heterocycles. The molecule has 1 amide bonds. The van der Waals surface area contributed by atoms with Crippen molar-refractivity contribution in [3.63, 3.8) is 0 Å². The van der Waals surface area contributed by atoms with E-state index in [2.05, 4.69) is 27.2 Å². The number of fused-ring (bicyclic) bond motifs is 1. The predicted molar refractivity (Wildman–Crippen MR) is 147 cm³/mol. The first-order valence-electron chi connectivity index (χ1n) is 13.4. The second-order valence-electron chi connectivity index (χ2n) is 10.2. The number of piperidine rings is 1. The zero-order chi connectivity index (χ0) is 26.9. The molecule has 1 N–H and O–H groups in total. The Balaban J connectivity index is 1.53. The number of amides is 1. The minimum Gasteiger partial charge on any atom is -0.378 e. The van der Waals surface area contributed by atoms with Crippen molar-refractivity contribution in [3.8, 4) is 0 Å². The second-order valence-corrected chi connectivity index (χ2v) is 12.0. The van der Waals surface area contributed by atoms with Gasteiger partial charge in [0.05, 0.1) is 36.8 Å². The average Bonchev–Trinajstić information content (AvgIpc) is 3.58. The van der Waals surface area contributed by atoms with Crippen LogP contribution in [0.5, 0.6) is 0 Å². The molecule has 11 nitrogen and oxygen atoms in total. The summed E-state index contributed by atoms with van der Waals surface area (Å²) >= 11 is 0. The highest BCUT2D eigenvalue weighted by molar-refractivity contribution is 7.88. The number of nitrogens with one attached hydrogen (secondary N) is 1. The Morgan fingerprint density at radius 1 is 1.08 bits per heavy atom. The van der Waals surface area contributed by atoms with Gasteiger partial charge in [0.15, 0.2) is 5.65 Å². The highest BCUT2D eigenvalue weighted by Gasteiger charge is 2.33. The van der Waals surface area contributed by atoms with Crippen LogP contribution in [0.25, 0.3) is 5.65 Å². The molecule has 5 rings (SSSR count). The molecule has 38 heavy (non-hydrogen) atoms. The number of rotatable bonds is 7. The van der Waals surface area contributed by atoms with Gasteiger partial charge in [-0.15, -0.1) is 0 Å². The highest BCUT2D eigenvalue weighted by Crippen LogP contribution is 2.34. The Morgan fingerprint density at radius 3 is 2.47 bits per heavy atom. The molecule has 0 aromatic carbocycles. The predicted octanol–water partition coefficient (Wildman–Crippen LogP) is 2.23. The van der Waals surface area contributed by atoms with Gasteiger partial charge in [0.25, 0.3) is 5.91 Å². The van der Waals surface area contributed by atoms with Gasteiger partial charge in [-0.1, -0.05) is 12.7 Å². The first-order chi connectivity index (χ1) is 18.2. The lowest BCUT2D eigenvalue weighted by atomic mass is 9.98. The fourth-order valence-electron chi connectivity index (χ4n) is 5.62. The summed E-state index contributed by atoms with van der Waals surface area (Å²) in [5, 5.41) is 5.01. The number of morpholine rings is 1. The molecule has 0 radical (unpaired) electrons. The summed E-state index contributed by atoms with van der Waals surface area (Å²) in [6.07, 6.45) is 7.42. The van der Waals surface area contributed by atoms with Crippen molar-refractivity contribution in [2.45, 2.75) is 45.1 Å². The molecule has 1 unspecified atom stereocenters. The number of allylic oxidation sites excluding steroid dienone is 1. The quantitative estimate of drug-likeness (QED) is 0.418. The first-order valence-corrected chi connectivity index (χ1v) is 15.2. The summed E-state index contributed by atoms with van der Waals surface area (Å²) in [4.78, 5) is 25.1. The molecule has 3 aliphatic rings. The fraction of sp³-hybridized carbons (Fsp3) is 0.577. The first kappa shape index (κ1) is 26.5. The number of sulfonamides is 1. The van der Waals surface area contributed by atoms with Crippen LogP contribution >= 0.6 is 0 Å². The van der Waals surface area contributed by atoms with Gasteiger partial charge >= 0.3 is 0 Å². The second kappa shape index (κ2) is 10.9. The number of likely N-dealkylation sites (tertiary alicyclic amines) is 1. The van der Waals surface area contributed by atoms with Crippen molar-refractivity contribution >= 4 is 33.2 Å². The van der Waals surface area contributed by atoms with Crippen LogP contribution in [-0.2, 0) is 19.6 Å². The molecule has 0 bridgehead atoms. The van der Waals surface area contributed by atoms with Crippen molar-refractivity contribution in [2.75, 3.05) is 62.0 Å². The van der Waals surface area contributed by atoms with Crippen LogP contribution in [0.1, 0.15) is 50.8 Å². The van der Waals surface area contributed by atoms with E-state index in [4.69, 9.17) is 14.8 Å². The number of hydrogen-bond donors (Lipinski definition) is 1. The summed E-state index contributed by atoms with van der Waals surface area (Å²) in [6, 6.07) is 3.88. The van der Waals surface area contributed by atoms with E-state index < -0.39 is 10.0 Å². The van der Waals surface area contributed by atoms with Crippen molar-refractivity contribution in [3.05, 3.63) is 41.8 Å². The molecule has 0 spiro atoms. The topological polar surface area (TPSA) is 112 Å². The third kappa shape index (κ3) is 5.51. The SMILES string of the molecule is C=CC(C(=O)N1CCCCC1c1cc2nc(N3CCCC3)cc(N3CCOCC3)n2n1)=C(C)NS(C)(=O)=O. The lowest BCUT2D eigenvalue weighted by Crippen LogP contribution is -2.40. The number of anilines is 2. The zero-order valence-corrected chi connectivity index (χ0v) is 23.0. The van der Waals surface area contributed by atoms with E-state index in [1.54, 1.807) is 11.8 Å². The maximum Gasteiger partial charge on any atom is 0.256 e. The van der Waals surface area contributed by atoms with Gasteiger partial charge in [0, 0.05) is 50.6 Å². The number of ether oxygens (including phenoxy) is 1. The molecule has 2 aromatic heterocycles. The maximum absolute atomic E-state index is 13.7. The van der Waals surface area contributed by atoms with E-state index in [0.717, 1.165) is 87.5 Å². The Kier molecular flexibility index (Phi) is 7.62. The van der Waals surface area contributed by atoms with E-state index in [9.17, 15) is 13.2 Å². The van der Waals surface area contributed by atoms with Crippen LogP contribution in [0, 0.1) is 0 Å². The van der Waals surface area contributed by atoms with Crippen molar-refractivity contribution in [1.82, 2.24) is 24.2 Å². The molecule has 12 heteroatoms. The molecule has 0 aliphatic carbocycles. The number of carbonyl (C=O) groups excluding carboxylic acids is 1. The minimum atomic E-state index is -3.52. The molecular formula is C26H37N7O4S. The molecule has 3 aliphatic heterocycles. The van der Waals surface area contributed by atoms with Gasteiger partial charge in [0.2, 0.25) is 10.0 Å². The molecule has 0 saturated carbocycles. The van der Waals surface area contributed by atoms with Crippen LogP contribution in [0.15, 0.2) is 36.1 Å². The van der Waals surface area contributed by atoms with E-state index in [-0.39, 0.29) is 23.2 Å². The largest absolute Gasteiger partial charge is 0.378 e. The summed E-state index contributed by atoms with van der Waals surface area (Å²) < 4.78 is 33.5. The molecular weight excluding hydrogens is 506 g/mol. The number of nitrogens with zero attached hydrogens (tertiary/aromatic N) is 6. The summed E-state index contributed by atoms with van der Waals surface area (Å²) in [7, 11) is -3.52. The van der Waals surface area contributed by atoms with Crippen LogP contribution in [0.3, 0.4) is 0 Å². The Labute approximate surface area is 224 Å². The normalized spacial score (nSPS) is 21.5. The van der Waals surface area contributed by atoms with Gasteiger partial charge in [-0.05, 0) is 39.0 Å². The molecule has 2 aromatic rings. The van der Waals surface area contributed by atoms with E-state index >= 15 is 0 Å². The van der Waals surface area contributed by atoms with Crippen molar-refractivity contribution < 1.29 is 17.9 Å². The fourth-order valence-corrected chi connectivity index (χ4v) is 6.29. The third-order valence-electron chi connectivity index (χ3n) is 7.46. The number of aromatic nitrogens is 3. The van der Waals surface area contributed by atoms with Gasteiger partial charge in [-0.3, -0.25) is 9.52 Å². The Hall–Kier alpha value is -3.12. The van der Waals surface area contributed by atoms with E-state index in [1.165, 1.54) is 6.08 Å². The van der Waals surface area contributed by atoms with Crippen LogP contribution < -0.4 is 14.5 Å². The summed E-state index contributed by atoms with van der Waals surface area (Å²) in [5.74, 6) is 1.69. The average molecular weight is 544 g/mol. The smallest absolute Gasteiger partial charge is 0.256 e. The third-order valence-corrected chi connectivity index (χ3v) is 8.14. The van der Waals surface area contributed by atoms with E-state index in [0.29, 0.717) is 19.8 Å². The number of hydrogen-bond acceptors (Lipinski definition) is 8. The van der Waals surface area contributed by atoms with Crippen molar-refractivity contribution in [2.24, 2.45) is 0 Å². The zero-order valence-electron chi connectivity index (χ0n) is 22.2. The monoisotopic (exact) mass is 543 g/mol. The van der Waals surface area contributed by atoms with E-state index in [1.807, 2.05) is 10.6 Å². The highest BCUT2D eigenvalue weighted by atomic mass is 32.2. The molecule has 1 atom stereocenters. The lowest BCUT2D eigenvalue weighted by Gasteiger charge is -2.35. The van der Waals surface area contributed by atoms with Crippen molar-refractivity contribution in [1.29, 1.82) is 0 Å². The Morgan fingerprint density at radius 2 is 1.79 bits per heavy atom. The summed E-state index contributed by atoms with van der Waals surface area (Å²) in [5.41, 5.74) is 2.06.